The average molecular weight is 290 g/mol. The predicted octanol–water partition coefficient (Wildman–Crippen LogP) is -0.753. The predicted molar refractivity (Wildman–Crippen MR) is 69.0 cm³/mol. The Balaban J connectivity index is 2.30. The third-order valence-electron chi connectivity index (χ3n) is 3.12. The summed E-state index contributed by atoms with van der Waals surface area (Å²) in [6.45, 7) is -0.302. The number of nitrogens with zero attached hydrogens (tertiary/aromatic N) is 2. The maximum absolute atomic E-state index is 11.8. The number of aryl methyl sites for hydroxylation is 1. The molecule has 1 saturated heterocycles. The van der Waals surface area contributed by atoms with Crippen LogP contribution in [0.4, 0.5) is 5.82 Å². The number of alkyl halides is 1. The number of aromatic nitrogens is 2. The highest BCUT2D eigenvalue weighted by Gasteiger charge is 2.35. The van der Waals surface area contributed by atoms with Gasteiger partial charge in [0.1, 0.15) is 18.1 Å². The second-order valence-electron chi connectivity index (χ2n) is 4.40. The summed E-state index contributed by atoms with van der Waals surface area (Å²) in [5.74, 6) is 0.511. The first kappa shape index (κ1) is 14.3. The van der Waals surface area contributed by atoms with E-state index in [0.29, 0.717) is 17.9 Å². The van der Waals surface area contributed by atoms with Crippen molar-refractivity contribution in [2.24, 2.45) is 0 Å². The Morgan fingerprint density at radius 2 is 2.37 bits per heavy atom. The molecule has 19 heavy (non-hydrogen) atoms. The third-order valence-corrected chi connectivity index (χ3v) is 3.31. The fraction of sp³-hybridized carbons (Fsp3) is 0.636. The second kappa shape index (κ2) is 5.87. The largest absolute Gasteiger partial charge is 0.394 e. The lowest BCUT2D eigenvalue weighted by molar-refractivity contribution is -0.0459. The zero-order chi connectivity index (χ0) is 14.0. The van der Waals surface area contributed by atoms with Crippen LogP contribution in [0.2, 0.25) is 0 Å². The molecule has 0 saturated carbocycles. The Morgan fingerprint density at radius 3 is 2.95 bits per heavy atom. The lowest BCUT2D eigenvalue weighted by atomic mass is 10.2. The van der Waals surface area contributed by atoms with Crippen molar-refractivity contribution in [1.82, 2.24) is 9.55 Å². The van der Waals surface area contributed by atoms with Crippen LogP contribution in [-0.4, -0.2) is 44.5 Å². The Labute approximate surface area is 114 Å². The molecule has 0 radical (unpaired) electrons. The smallest absolute Gasteiger partial charge is 0.351 e. The van der Waals surface area contributed by atoms with E-state index in [1.165, 1.54) is 4.57 Å². The highest BCUT2D eigenvalue weighted by molar-refractivity contribution is 6.18. The summed E-state index contributed by atoms with van der Waals surface area (Å²) in [5.41, 5.74) is 5.75. The van der Waals surface area contributed by atoms with Crippen LogP contribution in [0.1, 0.15) is 18.2 Å². The van der Waals surface area contributed by atoms with Crippen LogP contribution < -0.4 is 11.4 Å². The van der Waals surface area contributed by atoms with Gasteiger partial charge in [-0.15, -0.1) is 11.6 Å². The van der Waals surface area contributed by atoms with Gasteiger partial charge >= 0.3 is 5.69 Å². The molecule has 7 nitrogen and oxygen atoms in total. The van der Waals surface area contributed by atoms with E-state index in [9.17, 15) is 9.90 Å². The molecule has 0 spiro atoms. The van der Waals surface area contributed by atoms with Crippen molar-refractivity contribution >= 4 is 17.4 Å². The van der Waals surface area contributed by atoms with Crippen LogP contribution in [0.5, 0.6) is 0 Å². The fourth-order valence-corrected chi connectivity index (χ4v) is 2.28. The second-order valence-corrected chi connectivity index (χ2v) is 4.77. The van der Waals surface area contributed by atoms with Gasteiger partial charge < -0.3 is 20.7 Å². The lowest BCUT2D eigenvalue weighted by Gasteiger charge is -2.16. The van der Waals surface area contributed by atoms with Crippen LogP contribution in [0, 0.1) is 0 Å². The minimum atomic E-state index is -0.809. The number of ether oxygens (including phenoxy) is 1. The number of rotatable bonds is 4. The molecular weight excluding hydrogens is 274 g/mol. The van der Waals surface area contributed by atoms with Crippen molar-refractivity contribution in [2.45, 2.75) is 31.3 Å². The third kappa shape index (κ3) is 2.89. The van der Waals surface area contributed by atoms with Gasteiger partial charge in [-0.05, 0) is 6.42 Å². The van der Waals surface area contributed by atoms with Crippen molar-refractivity contribution in [3.05, 3.63) is 22.2 Å². The molecule has 0 amide bonds. The molecule has 0 aromatic carbocycles. The summed E-state index contributed by atoms with van der Waals surface area (Å²) in [4.78, 5) is 15.5. The summed E-state index contributed by atoms with van der Waals surface area (Å²) in [6, 6.07) is 0. The van der Waals surface area contributed by atoms with Crippen LogP contribution >= 0.6 is 11.6 Å². The van der Waals surface area contributed by atoms with Crippen molar-refractivity contribution in [2.75, 3.05) is 18.2 Å². The standard InChI is InChI=1S/C11H16ClN3O4/c12-2-1-6-4-15(11(18)14-10(6)13)9-3-7(17)8(5-16)19-9/h4,7-9,16-17H,1-3,5H2,(H2,13,14,18)/t7-,8+,9+/m0/s1. The first-order chi connectivity index (χ1) is 9.06. The molecule has 8 heteroatoms. The van der Waals surface area contributed by atoms with Crippen molar-refractivity contribution in [3.63, 3.8) is 0 Å². The summed E-state index contributed by atoms with van der Waals surface area (Å²) < 4.78 is 6.69. The number of nitrogen functional groups attached to an aromatic ring is 1. The topological polar surface area (TPSA) is 111 Å². The number of nitrogens with two attached hydrogens (primary N) is 1. The first-order valence-corrected chi connectivity index (χ1v) is 6.48. The van der Waals surface area contributed by atoms with Gasteiger partial charge in [-0.3, -0.25) is 4.57 Å². The zero-order valence-electron chi connectivity index (χ0n) is 10.2. The molecule has 1 aromatic heterocycles. The number of halogens is 1. The Bertz CT molecular complexity index is 507. The first-order valence-electron chi connectivity index (χ1n) is 5.94. The molecule has 4 N–H and O–H groups in total. The summed E-state index contributed by atoms with van der Waals surface area (Å²) >= 11 is 5.65. The molecule has 0 unspecified atom stereocenters. The Kier molecular flexibility index (Phi) is 4.41. The molecule has 2 rings (SSSR count). The molecule has 0 bridgehead atoms. The molecule has 2 heterocycles. The van der Waals surface area contributed by atoms with Crippen molar-refractivity contribution < 1.29 is 14.9 Å². The minimum Gasteiger partial charge on any atom is -0.394 e. The number of aliphatic hydroxyl groups excluding tert-OH is 2. The molecule has 1 fully saturated rings. The SMILES string of the molecule is Nc1nc(=O)n([C@H]2C[C@H](O)[C@@H](CO)O2)cc1CCCl. The number of hydrogen-bond donors (Lipinski definition) is 3. The van der Waals surface area contributed by atoms with Gasteiger partial charge in [0, 0.05) is 24.1 Å². The normalized spacial score (nSPS) is 26.8. The molecular formula is C11H16ClN3O4. The van der Waals surface area contributed by atoms with E-state index in [1.807, 2.05) is 0 Å². The Hall–Kier alpha value is -1.15. The van der Waals surface area contributed by atoms with Gasteiger partial charge in [0.15, 0.2) is 0 Å². The van der Waals surface area contributed by atoms with E-state index in [1.54, 1.807) is 6.20 Å². The van der Waals surface area contributed by atoms with E-state index >= 15 is 0 Å². The van der Waals surface area contributed by atoms with E-state index in [-0.39, 0.29) is 18.8 Å². The van der Waals surface area contributed by atoms with Gasteiger partial charge in [0.2, 0.25) is 0 Å². The highest BCUT2D eigenvalue weighted by atomic mass is 35.5. The van der Waals surface area contributed by atoms with E-state index in [2.05, 4.69) is 4.98 Å². The van der Waals surface area contributed by atoms with Gasteiger partial charge in [-0.1, -0.05) is 0 Å². The maximum Gasteiger partial charge on any atom is 0.351 e. The number of aliphatic hydroxyl groups is 2. The van der Waals surface area contributed by atoms with Gasteiger partial charge in [-0.2, -0.15) is 4.98 Å². The van der Waals surface area contributed by atoms with Crippen LogP contribution in [0.15, 0.2) is 11.0 Å². The van der Waals surface area contributed by atoms with Crippen LogP contribution in [0.3, 0.4) is 0 Å². The van der Waals surface area contributed by atoms with Gasteiger partial charge in [0.25, 0.3) is 0 Å². The van der Waals surface area contributed by atoms with Crippen molar-refractivity contribution in [3.8, 4) is 0 Å². The zero-order valence-corrected chi connectivity index (χ0v) is 11.0. The molecule has 0 aliphatic carbocycles. The van der Waals surface area contributed by atoms with E-state index in [0.717, 1.165) is 0 Å². The Morgan fingerprint density at radius 1 is 1.63 bits per heavy atom. The number of anilines is 1. The number of hydrogen-bond acceptors (Lipinski definition) is 6. The summed E-state index contributed by atoms with van der Waals surface area (Å²) in [7, 11) is 0. The van der Waals surface area contributed by atoms with Crippen LogP contribution in [0.25, 0.3) is 0 Å². The van der Waals surface area contributed by atoms with Gasteiger partial charge in [-0.25, -0.2) is 4.79 Å². The summed E-state index contributed by atoms with van der Waals surface area (Å²) in [5, 5.41) is 18.7. The quantitative estimate of drug-likeness (QED) is 0.629. The van der Waals surface area contributed by atoms with Crippen molar-refractivity contribution in [1.29, 1.82) is 0 Å². The minimum absolute atomic E-state index is 0.152. The monoisotopic (exact) mass is 289 g/mol. The highest BCUT2D eigenvalue weighted by Crippen LogP contribution is 2.27. The molecule has 106 valence electrons. The molecule has 1 aliphatic heterocycles. The molecule has 1 aromatic rings. The lowest BCUT2D eigenvalue weighted by Crippen LogP contribution is -2.29. The maximum atomic E-state index is 11.8. The van der Waals surface area contributed by atoms with E-state index in [4.69, 9.17) is 27.2 Å². The average Bonchev–Trinajstić information content (AvgIpc) is 2.74. The van der Waals surface area contributed by atoms with E-state index < -0.39 is 24.1 Å². The summed E-state index contributed by atoms with van der Waals surface area (Å²) in [6.07, 6.45) is 0.101. The van der Waals surface area contributed by atoms with Crippen LogP contribution in [-0.2, 0) is 11.2 Å². The fourth-order valence-electron chi connectivity index (χ4n) is 2.07. The van der Waals surface area contributed by atoms with Gasteiger partial charge in [0.05, 0.1) is 12.7 Å². The molecule has 3 atom stereocenters. The molecule has 1 aliphatic rings.